The molecular formula is C14H20N2OS. The highest BCUT2D eigenvalue weighted by Gasteiger charge is 2.21. The van der Waals surface area contributed by atoms with Gasteiger partial charge in [0.15, 0.2) is 0 Å². The summed E-state index contributed by atoms with van der Waals surface area (Å²) in [5.74, 6) is 2.15. The molecule has 0 saturated heterocycles. The van der Waals surface area contributed by atoms with Gasteiger partial charge in [0.25, 0.3) is 0 Å². The summed E-state index contributed by atoms with van der Waals surface area (Å²) in [5, 5.41) is 5.72. The van der Waals surface area contributed by atoms with Crippen LogP contribution in [0.15, 0.2) is 28.1 Å². The van der Waals surface area contributed by atoms with Gasteiger partial charge in [-0.05, 0) is 31.2 Å². The highest BCUT2D eigenvalue weighted by atomic mass is 32.1. The highest BCUT2D eigenvalue weighted by molar-refractivity contribution is 7.10. The molecule has 0 aromatic carbocycles. The SMILES string of the molecule is Cc1cnc(C(C)NC(c2cccs2)C(C)C)o1. The van der Waals surface area contributed by atoms with Crippen molar-refractivity contribution in [1.29, 1.82) is 0 Å². The molecule has 0 radical (unpaired) electrons. The van der Waals surface area contributed by atoms with Crippen molar-refractivity contribution in [1.82, 2.24) is 10.3 Å². The van der Waals surface area contributed by atoms with Gasteiger partial charge in [-0.1, -0.05) is 19.9 Å². The molecule has 98 valence electrons. The molecular weight excluding hydrogens is 244 g/mol. The van der Waals surface area contributed by atoms with E-state index < -0.39 is 0 Å². The smallest absolute Gasteiger partial charge is 0.211 e. The Bertz CT molecular complexity index is 476. The molecule has 2 unspecified atom stereocenters. The Labute approximate surface area is 112 Å². The van der Waals surface area contributed by atoms with Gasteiger partial charge in [0, 0.05) is 10.9 Å². The molecule has 0 aliphatic heterocycles. The monoisotopic (exact) mass is 264 g/mol. The summed E-state index contributed by atoms with van der Waals surface area (Å²) in [4.78, 5) is 5.64. The van der Waals surface area contributed by atoms with Gasteiger partial charge >= 0.3 is 0 Å². The van der Waals surface area contributed by atoms with Gasteiger partial charge in [-0.2, -0.15) is 0 Å². The van der Waals surface area contributed by atoms with Crippen LogP contribution in [0.2, 0.25) is 0 Å². The zero-order chi connectivity index (χ0) is 13.1. The Balaban J connectivity index is 2.10. The fourth-order valence-electron chi connectivity index (χ4n) is 1.98. The molecule has 0 spiro atoms. The van der Waals surface area contributed by atoms with Gasteiger partial charge in [-0.25, -0.2) is 4.98 Å². The predicted molar refractivity (Wildman–Crippen MR) is 74.7 cm³/mol. The second-order valence-corrected chi connectivity index (χ2v) is 5.91. The number of oxazole rings is 1. The average molecular weight is 264 g/mol. The summed E-state index contributed by atoms with van der Waals surface area (Å²) >= 11 is 1.79. The second kappa shape index (κ2) is 5.67. The number of rotatable bonds is 5. The van der Waals surface area contributed by atoms with Crippen molar-refractivity contribution in [3.63, 3.8) is 0 Å². The first-order valence-electron chi connectivity index (χ1n) is 6.29. The Morgan fingerprint density at radius 3 is 2.61 bits per heavy atom. The molecule has 2 atom stereocenters. The van der Waals surface area contributed by atoms with E-state index in [1.807, 2.05) is 6.92 Å². The summed E-state index contributed by atoms with van der Waals surface area (Å²) in [5.41, 5.74) is 0. The van der Waals surface area contributed by atoms with Crippen LogP contribution in [0.25, 0.3) is 0 Å². The summed E-state index contributed by atoms with van der Waals surface area (Å²) in [7, 11) is 0. The quantitative estimate of drug-likeness (QED) is 0.883. The molecule has 1 N–H and O–H groups in total. The van der Waals surface area contributed by atoms with E-state index in [2.05, 4.69) is 48.6 Å². The van der Waals surface area contributed by atoms with E-state index in [0.29, 0.717) is 12.0 Å². The van der Waals surface area contributed by atoms with Crippen LogP contribution in [0.1, 0.15) is 49.4 Å². The van der Waals surface area contributed by atoms with E-state index in [4.69, 9.17) is 4.42 Å². The molecule has 0 saturated carbocycles. The maximum atomic E-state index is 5.57. The van der Waals surface area contributed by atoms with Crippen molar-refractivity contribution < 1.29 is 4.42 Å². The van der Waals surface area contributed by atoms with Gasteiger partial charge in [0.1, 0.15) is 5.76 Å². The average Bonchev–Trinajstić information content (AvgIpc) is 2.95. The third-order valence-electron chi connectivity index (χ3n) is 2.96. The number of aromatic nitrogens is 1. The van der Waals surface area contributed by atoms with Gasteiger partial charge in [-0.3, -0.25) is 5.32 Å². The van der Waals surface area contributed by atoms with E-state index in [-0.39, 0.29) is 6.04 Å². The van der Waals surface area contributed by atoms with E-state index in [9.17, 15) is 0 Å². The van der Waals surface area contributed by atoms with Crippen molar-refractivity contribution >= 4 is 11.3 Å². The van der Waals surface area contributed by atoms with Gasteiger partial charge in [0.2, 0.25) is 5.89 Å². The number of aryl methyl sites for hydroxylation is 1. The first-order valence-corrected chi connectivity index (χ1v) is 7.17. The van der Waals surface area contributed by atoms with E-state index >= 15 is 0 Å². The lowest BCUT2D eigenvalue weighted by atomic mass is 10.0. The molecule has 18 heavy (non-hydrogen) atoms. The van der Waals surface area contributed by atoms with Gasteiger partial charge in [0.05, 0.1) is 12.2 Å². The lowest BCUT2D eigenvalue weighted by Gasteiger charge is -2.24. The van der Waals surface area contributed by atoms with Crippen molar-refractivity contribution in [2.45, 2.75) is 39.8 Å². The van der Waals surface area contributed by atoms with Crippen molar-refractivity contribution in [2.24, 2.45) is 5.92 Å². The minimum Gasteiger partial charge on any atom is -0.444 e. The lowest BCUT2D eigenvalue weighted by Crippen LogP contribution is -2.28. The van der Waals surface area contributed by atoms with E-state index in [1.54, 1.807) is 17.5 Å². The van der Waals surface area contributed by atoms with Gasteiger partial charge in [-0.15, -0.1) is 11.3 Å². The Hall–Kier alpha value is -1.13. The zero-order valence-electron chi connectivity index (χ0n) is 11.3. The van der Waals surface area contributed by atoms with Crippen molar-refractivity contribution in [3.8, 4) is 0 Å². The normalized spacial score (nSPS) is 14.9. The van der Waals surface area contributed by atoms with Crippen LogP contribution in [0.3, 0.4) is 0 Å². The van der Waals surface area contributed by atoms with Crippen molar-refractivity contribution in [3.05, 3.63) is 40.2 Å². The standard InChI is InChI=1S/C14H20N2OS/c1-9(2)13(12-6-5-7-18-12)16-11(4)14-15-8-10(3)17-14/h5-9,11,13,16H,1-4H3. The van der Waals surface area contributed by atoms with Crippen LogP contribution in [-0.4, -0.2) is 4.98 Å². The van der Waals surface area contributed by atoms with Crippen LogP contribution >= 0.6 is 11.3 Å². The lowest BCUT2D eigenvalue weighted by molar-refractivity contribution is 0.332. The number of thiophene rings is 1. The second-order valence-electron chi connectivity index (χ2n) is 4.93. The van der Waals surface area contributed by atoms with Crippen LogP contribution in [0, 0.1) is 12.8 Å². The van der Waals surface area contributed by atoms with Crippen LogP contribution in [-0.2, 0) is 0 Å². The number of nitrogens with zero attached hydrogens (tertiary/aromatic N) is 1. The summed E-state index contributed by atoms with van der Waals surface area (Å²) in [6, 6.07) is 4.73. The first-order chi connectivity index (χ1) is 8.58. The molecule has 0 aliphatic carbocycles. The van der Waals surface area contributed by atoms with Crippen LogP contribution < -0.4 is 5.32 Å². The molecule has 4 heteroatoms. The minimum absolute atomic E-state index is 0.119. The third kappa shape index (κ3) is 3.00. The van der Waals surface area contributed by atoms with E-state index in [1.165, 1.54) is 4.88 Å². The van der Waals surface area contributed by atoms with Crippen LogP contribution in [0.4, 0.5) is 0 Å². The largest absolute Gasteiger partial charge is 0.444 e. The molecule has 2 aromatic heterocycles. The summed E-state index contributed by atoms with van der Waals surface area (Å²) in [6.07, 6.45) is 1.77. The summed E-state index contributed by atoms with van der Waals surface area (Å²) in [6.45, 7) is 8.46. The molecule has 2 aromatic rings. The molecule has 2 heterocycles. The van der Waals surface area contributed by atoms with E-state index in [0.717, 1.165) is 11.7 Å². The highest BCUT2D eigenvalue weighted by Crippen LogP contribution is 2.28. The Kier molecular flexibility index (Phi) is 4.19. The molecule has 3 nitrogen and oxygen atoms in total. The molecule has 0 fully saturated rings. The number of hydrogen-bond acceptors (Lipinski definition) is 4. The predicted octanol–water partition coefficient (Wildman–Crippen LogP) is 4.09. The number of hydrogen-bond donors (Lipinski definition) is 1. The molecule has 0 bridgehead atoms. The maximum Gasteiger partial charge on any atom is 0.211 e. The summed E-state index contributed by atoms with van der Waals surface area (Å²) < 4.78 is 5.57. The molecule has 2 rings (SSSR count). The molecule has 0 amide bonds. The minimum atomic E-state index is 0.119. The van der Waals surface area contributed by atoms with Crippen molar-refractivity contribution in [2.75, 3.05) is 0 Å². The maximum absolute atomic E-state index is 5.57. The topological polar surface area (TPSA) is 38.1 Å². The zero-order valence-corrected chi connectivity index (χ0v) is 12.1. The molecule has 0 aliphatic rings. The third-order valence-corrected chi connectivity index (χ3v) is 3.91. The van der Waals surface area contributed by atoms with Crippen LogP contribution in [0.5, 0.6) is 0 Å². The first kappa shape index (κ1) is 13.3. The fraction of sp³-hybridized carbons (Fsp3) is 0.500. The fourth-order valence-corrected chi connectivity index (χ4v) is 2.94. The number of nitrogens with one attached hydrogen (secondary N) is 1. The Morgan fingerprint density at radius 1 is 1.33 bits per heavy atom. The Morgan fingerprint density at radius 2 is 2.11 bits per heavy atom. The van der Waals surface area contributed by atoms with Gasteiger partial charge < -0.3 is 4.42 Å².